The predicted octanol–water partition coefficient (Wildman–Crippen LogP) is 23.7. The van der Waals surface area contributed by atoms with E-state index in [2.05, 4.69) is 69.4 Å². The second kappa shape index (κ2) is 66.9. The maximum atomic E-state index is 12.9. The number of carbonyl (C=O) groups is 3. The Morgan fingerprint density at radius 2 is 0.462 bits per heavy atom. The Kier molecular flexibility index (Phi) is 64.6. The normalized spacial score (nSPS) is 12.3. The molecule has 0 aliphatic heterocycles. The van der Waals surface area contributed by atoms with E-state index in [0.29, 0.717) is 19.3 Å². The van der Waals surface area contributed by atoms with Crippen LogP contribution in [0.2, 0.25) is 0 Å². The Labute approximate surface area is 486 Å². The third kappa shape index (κ3) is 64.2. The summed E-state index contributed by atoms with van der Waals surface area (Å²) in [5.41, 5.74) is 0. The van der Waals surface area contributed by atoms with Gasteiger partial charge in [-0.1, -0.05) is 320 Å². The van der Waals surface area contributed by atoms with E-state index in [1.54, 1.807) is 0 Å². The highest BCUT2D eigenvalue weighted by atomic mass is 16.6. The molecule has 6 heteroatoms. The van der Waals surface area contributed by atoms with Crippen LogP contribution >= 0.6 is 0 Å². The molecule has 0 fully saturated rings. The minimum atomic E-state index is -0.776. The first kappa shape index (κ1) is 75.4. The van der Waals surface area contributed by atoms with Crippen LogP contribution in [0.4, 0.5) is 0 Å². The van der Waals surface area contributed by atoms with Crippen molar-refractivity contribution in [3.8, 4) is 0 Å². The average molecular weight is 1090 g/mol. The van der Waals surface area contributed by atoms with E-state index in [1.807, 2.05) is 0 Å². The molecule has 0 bridgehead atoms. The molecule has 0 N–H and O–H groups in total. The smallest absolute Gasteiger partial charge is 0.306 e. The van der Waals surface area contributed by atoms with Gasteiger partial charge in [0.25, 0.3) is 0 Å². The van der Waals surface area contributed by atoms with Gasteiger partial charge in [-0.3, -0.25) is 14.4 Å². The zero-order chi connectivity index (χ0) is 56.4. The molecular weight excluding hydrogens is 961 g/mol. The lowest BCUT2D eigenvalue weighted by molar-refractivity contribution is -0.167. The first-order valence-corrected chi connectivity index (χ1v) is 34.6. The molecule has 0 spiro atoms. The maximum Gasteiger partial charge on any atom is 0.306 e. The average Bonchev–Trinajstić information content (AvgIpc) is 3.44. The molecule has 1 unspecified atom stereocenters. The van der Waals surface area contributed by atoms with Gasteiger partial charge in [-0.25, -0.2) is 0 Å². The van der Waals surface area contributed by atoms with Gasteiger partial charge in [0.2, 0.25) is 0 Å². The number of ether oxygens (including phenoxy) is 3. The van der Waals surface area contributed by atoms with Crippen LogP contribution in [-0.2, 0) is 28.6 Å². The highest BCUT2D eigenvalue weighted by Crippen LogP contribution is 2.18. The Morgan fingerprint density at radius 1 is 0.256 bits per heavy atom. The number of rotatable bonds is 64. The third-order valence-electron chi connectivity index (χ3n) is 15.6. The lowest BCUT2D eigenvalue weighted by Crippen LogP contribution is -2.30. The van der Waals surface area contributed by atoms with Gasteiger partial charge in [0.15, 0.2) is 6.10 Å². The second-order valence-electron chi connectivity index (χ2n) is 23.4. The van der Waals surface area contributed by atoms with Crippen molar-refractivity contribution in [2.45, 2.75) is 380 Å². The number of unbranched alkanes of at least 4 members (excludes halogenated alkanes) is 45. The van der Waals surface area contributed by atoms with E-state index in [9.17, 15) is 14.4 Å². The van der Waals surface area contributed by atoms with Crippen molar-refractivity contribution in [2.75, 3.05) is 13.2 Å². The molecule has 0 rings (SSSR count). The molecule has 0 saturated heterocycles. The fraction of sp³-hybridized carbons (Fsp3) is 0.847. The number of esters is 3. The number of allylic oxidation sites excluding steroid dienone is 8. The summed E-state index contributed by atoms with van der Waals surface area (Å²) in [6, 6.07) is 0. The molecule has 0 saturated carbocycles. The van der Waals surface area contributed by atoms with E-state index < -0.39 is 6.10 Å². The lowest BCUT2D eigenvalue weighted by atomic mass is 10.0. The molecule has 78 heavy (non-hydrogen) atoms. The van der Waals surface area contributed by atoms with Gasteiger partial charge in [0, 0.05) is 19.3 Å². The molecule has 0 heterocycles. The topological polar surface area (TPSA) is 78.9 Å². The van der Waals surface area contributed by atoms with Crippen LogP contribution in [0.25, 0.3) is 0 Å². The molecule has 0 aromatic heterocycles. The van der Waals surface area contributed by atoms with Crippen LogP contribution in [0.3, 0.4) is 0 Å². The van der Waals surface area contributed by atoms with Gasteiger partial charge in [0.05, 0.1) is 0 Å². The Hall–Kier alpha value is -2.63. The molecular formula is C72H132O6. The van der Waals surface area contributed by atoms with Gasteiger partial charge < -0.3 is 14.2 Å². The SMILES string of the molecule is CCCCCCC/C=C\C/C=C\C/C=C\CCCCCCCCCCCCCCC(=O)OCC(COC(=O)CCCCCCC/C=C\CCCCCCC)OC(=O)CCCCCCCCCCCCCCCCCCCCC. The molecule has 0 aromatic carbocycles. The molecule has 0 aliphatic rings. The first-order chi connectivity index (χ1) is 38.5. The first-order valence-electron chi connectivity index (χ1n) is 34.6. The number of carbonyl (C=O) groups excluding carboxylic acids is 3. The zero-order valence-electron chi connectivity index (χ0n) is 52.5. The summed E-state index contributed by atoms with van der Waals surface area (Å²) in [5, 5.41) is 0. The van der Waals surface area contributed by atoms with E-state index in [4.69, 9.17) is 14.2 Å². The minimum absolute atomic E-state index is 0.0724. The Balaban J connectivity index is 4.26. The molecule has 1 atom stereocenters. The van der Waals surface area contributed by atoms with E-state index >= 15 is 0 Å². The summed E-state index contributed by atoms with van der Waals surface area (Å²) in [4.78, 5) is 38.4. The van der Waals surface area contributed by atoms with Gasteiger partial charge in [-0.2, -0.15) is 0 Å². The second-order valence-corrected chi connectivity index (χ2v) is 23.4. The van der Waals surface area contributed by atoms with Crippen LogP contribution < -0.4 is 0 Å². The van der Waals surface area contributed by atoms with Crippen LogP contribution in [0, 0.1) is 0 Å². The standard InChI is InChI=1S/C72H132O6/c1-4-7-10-13-16-19-22-25-28-30-32-33-34-35-36-37-38-39-41-42-44-47-50-53-56-59-62-65-71(74)77-68-69(67-76-70(73)64-61-58-55-52-49-46-27-24-21-18-15-12-9-6-3)78-72(75)66-63-60-57-54-51-48-45-43-40-31-29-26-23-20-17-14-11-8-5-2/h22,24-25,27,30,32,34-35,69H,4-21,23,26,28-29,31,33,36-68H2,1-3H3/b25-22-,27-24-,32-30-,35-34-. The fourth-order valence-electron chi connectivity index (χ4n) is 10.3. The van der Waals surface area contributed by atoms with Gasteiger partial charge in [0.1, 0.15) is 13.2 Å². The summed E-state index contributed by atoms with van der Waals surface area (Å²) in [6.45, 7) is 6.68. The molecule has 0 aliphatic carbocycles. The summed E-state index contributed by atoms with van der Waals surface area (Å²) in [7, 11) is 0. The largest absolute Gasteiger partial charge is 0.462 e. The predicted molar refractivity (Wildman–Crippen MR) is 339 cm³/mol. The van der Waals surface area contributed by atoms with E-state index in [-0.39, 0.29) is 31.1 Å². The van der Waals surface area contributed by atoms with Gasteiger partial charge in [-0.15, -0.1) is 0 Å². The number of hydrogen-bond acceptors (Lipinski definition) is 6. The summed E-state index contributed by atoms with van der Waals surface area (Å²) in [5.74, 6) is -0.857. The van der Waals surface area contributed by atoms with Crippen molar-refractivity contribution in [3.63, 3.8) is 0 Å². The van der Waals surface area contributed by atoms with E-state index in [1.165, 1.54) is 257 Å². The van der Waals surface area contributed by atoms with Crippen molar-refractivity contribution in [2.24, 2.45) is 0 Å². The van der Waals surface area contributed by atoms with Gasteiger partial charge in [-0.05, 0) is 83.5 Å². The lowest BCUT2D eigenvalue weighted by Gasteiger charge is -2.18. The quantitative estimate of drug-likeness (QED) is 0.0261. The maximum absolute atomic E-state index is 12.9. The highest BCUT2D eigenvalue weighted by molar-refractivity contribution is 5.71. The third-order valence-corrected chi connectivity index (χ3v) is 15.6. The molecule has 456 valence electrons. The Morgan fingerprint density at radius 3 is 0.731 bits per heavy atom. The highest BCUT2D eigenvalue weighted by Gasteiger charge is 2.19. The molecule has 0 amide bonds. The van der Waals surface area contributed by atoms with Crippen molar-refractivity contribution >= 4 is 17.9 Å². The zero-order valence-corrected chi connectivity index (χ0v) is 52.5. The Bertz CT molecular complexity index is 1350. The summed E-state index contributed by atoms with van der Waals surface area (Å²) in [6.07, 6.45) is 84.1. The summed E-state index contributed by atoms with van der Waals surface area (Å²) < 4.78 is 17.0. The summed E-state index contributed by atoms with van der Waals surface area (Å²) >= 11 is 0. The minimum Gasteiger partial charge on any atom is -0.462 e. The molecule has 0 aromatic rings. The van der Waals surface area contributed by atoms with Gasteiger partial charge >= 0.3 is 17.9 Å². The monoisotopic (exact) mass is 1090 g/mol. The van der Waals surface area contributed by atoms with E-state index in [0.717, 1.165) is 77.0 Å². The number of hydrogen-bond donors (Lipinski definition) is 0. The van der Waals surface area contributed by atoms with Crippen LogP contribution in [0.15, 0.2) is 48.6 Å². The van der Waals surface area contributed by atoms with Crippen molar-refractivity contribution in [1.82, 2.24) is 0 Å². The van der Waals surface area contributed by atoms with Crippen molar-refractivity contribution < 1.29 is 28.6 Å². The molecule has 0 radical (unpaired) electrons. The van der Waals surface area contributed by atoms with Crippen LogP contribution in [-0.4, -0.2) is 37.2 Å². The van der Waals surface area contributed by atoms with Crippen LogP contribution in [0.5, 0.6) is 0 Å². The molecule has 6 nitrogen and oxygen atoms in total. The van der Waals surface area contributed by atoms with Crippen LogP contribution in [0.1, 0.15) is 374 Å². The van der Waals surface area contributed by atoms with Crippen molar-refractivity contribution in [3.05, 3.63) is 48.6 Å². The fourth-order valence-corrected chi connectivity index (χ4v) is 10.3. The van der Waals surface area contributed by atoms with Crippen molar-refractivity contribution in [1.29, 1.82) is 0 Å².